The fourth-order valence-electron chi connectivity index (χ4n) is 2.40. The monoisotopic (exact) mass is 296 g/mol. The fraction of sp³-hybridized carbons (Fsp3) is 0.316. The topological polar surface area (TPSA) is 41.1 Å². The van der Waals surface area contributed by atoms with E-state index in [2.05, 4.69) is 30.5 Å². The van der Waals surface area contributed by atoms with E-state index < -0.39 is 0 Å². The summed E-state index contributed by atoms with van der Waals surface area (Å²) >= 11 is 0. The summed E-state index contributed by atoms with van der Waals surface area (Å²) in [6, 6.07) is 15.6. The van der Waals surface area contributed by atoms with Crippen LogP contribution >= 0.6 is 0 Å². The van der Waals surface area contributed by atoms with Crippen LogP contribution in [0.15, 0.2) is 48.5 Å². The molecular formula is C19H24N2O. The summed E-state index contributed by atoms with van der Waals surface area (Å²) in [7, 11) is 0. The minimum Gasteiger partial charge on any atom is -0.374 e. The zero-order chi connectivity index (χ0) is 16.1. The molecule has 116 valence electrons. The van der Waals surface area contributed by atoms with E-state index in [1.165, 1.54) is 5.56 Å². The Morgan fingerprint density at radius 1 is 1.00 bits per heavy atom. The lowest BCUT2D eigenvalue weighted by molar-refractivity contribution is -0.116. The SMILES string of the molecule is Cc1cccc(NC(=O)[C@H](C)Nc2ccccc2C(C)C)c1. The Bertz CT molecular complexity index is 649. The maximum absolute atomic E-state index is 12.3. The third-order valence-corrected chi connectivity index (χ3v) is 3.63. The van der Waals surface area contributed by atoms with Gasteiger partial charge in [-0.15, -0.1) is 0 Å². The smallest absolute Gasteiger partial charge is 0.246 e. The Morgan fingerprint density at radius 2 is 1.73 bits per heavy atom. The number of amides is 1. The van der Waals surface area contributed by atoms with E-state index in [1.54, 1.807) is 0 Å². The summed E-state index contributed by atoms with van der Waals surface area (Å²) in [6.45, 7) is 8.19. The van der Waals surface area contributed by atoms with Crippen molar-refractivity contribution in [3.05, 3.63) is 59.7 Å². The van der Waals surface area contributed by atoms with Crippen LogP contribution in [0.1, 0.15) is 37.8 Å². The number of hydrogen-bond donors (Lipinski definition) is 2. The molecule has 0 aliphatic carbocycles. The van der Waals surface area contributed by atoms with Gasteiger partial charge in [0.05, 0.1) is 0 Å². The molecule has 0 fully saturated rings. The molecule has 1 amide bonds. The van der Waals surface area contributed by atoms with Gasteiger partial charge in [0.2, 0.25) is 5.91 Å². The van der Waals surface area contributed by atoms with Crippen LogP contribution in [-0.2, 0) is 4.79 Å². The van der Waals surface area contributed by atoms with Crippen LogP contribution in [0, 0.1) is 6.92 Å². The summed E-state index contributed by atoms with van der Waals surface area (Å²) in [6.07, 6.45) is 0. The average Bonchev–Trinajstić information content (AvgIpc) is 2.47. The third-order valence-electron chi connectivity index (χ3n) is 3.63. The second-order valence-corrected chi connectivity index (χ2v) is 5.97. The van der Waals surface area contributed by atoms with Crippen LogP contribution in [0.2, 0.25) is 0 Å². The van der Waals surface area contributed by atoms with Gasteiger partial charge in [-0.3, -0.25) is 4.79 Å². The Hall–Kier alpha value is -2.29. The number of rotatable bonds is 5. The summed E-state index contributed by atoms with van der Waals surface area (Å²) < 4.78 is 0. The maximum atomic E-state index is 12.3. The van der Waals surface area contributed by atoms with E-state index in [0.29, 0.717) is 5.92 Å². The summed E-state index contributed by atoms with van der Waals surface area (Å²) in [5, 5.41) is 6.26. The van der Waals surface area contributed by atoms with Crippen molar-refractivity contribution in [3.8, 4) is 0 Å². The summed E-state index contributed by atoms with van der Waals surface area (Å²) in [5.41, 5.74) is 4.20. The first kappa shape index (κ1) is 16.1. The minimum absolute atomic E-state index is 0.0378. The number of para-hydroxylation sites is 1. The predicted molar refractivity (Wildman–Crippen MR) is 93.4 cm³/mol. The first-order valence-corrected chi connectivity index (χ1v) is 7.70. The van der Waals surface area contributed by atoms with E-state index in [9.17, 15) is 4.79 Å². The molecule has 0 saturated carbocycles. The van der Waals surface area contributed by atoms with Crippen LogP contribution < -0.4 is 10.6 Å². The molecule has 0 aliphatic heterocycles. The van der Waals surface area contributed by atoms with Crippen molar-refractivity contribution < 1.29 is 4.79 Å². The van der Waals surface area contributed by atoms with Gasteiger partial charge in [-0.25, -0.2) is 0 Å². The highest BCUT2D eigenvalue weighted by Gasteiger charge is 2.15. The second-order valence-electron chi connectivity index (χ2n) is 5.97. The molecule has 3 heteroatoms. The van der Waals surface area contributed by atoms with Gasteiger partial charge < -0.3 is 10.6 Å². The molecule has 2 aromatic rings. The van der Waals surface area contributed by atoms with E-state index in [-0.39, 0.29) is 11.9 Å². The molecule has 1 atom stereocenters. The van der Waals surface area contributed by atoms with Crippen molar-refractivity contribution in [1.82, 2.24) is 0 Å². The number of carbonyl (C=O) groups is 1. The van der Waals surface area contributed by atoms with Crippen molar-refractivity contribution >= 4 is 17.3 Å². The van der Waals surface area contributed by atoms with Crippen molar-refractivity contribution in [2.24, 2.45) is 0 Å². The zero-order valence-corrected chi connectivity index (χ0v) is 13.7. The molecule has 0 unspecified atom stereocenters. The van der Waals surface area contributed by atoms with Crippen molar-refractivity contribution in [2.75, 3.05) is 10.6 Å². The average molecular weight is 296 g/mol. The number of carbonyl (C=O) groups excluding carboxylic acids is 1. The molecule has 0 bridgehead atoms. The van der Waals surface area contributed by atoms with Gasteiger partial charge in [-0.2, -0.15) is 0 Å². The number of benzene rings is 2. The Balaban J connectivity index is 2.06. The maximum Gasteiger partial charge on any atom is 0.246 e. The Kier molecular flexibility index (Phi) is 5.21. The number of nitrogens with one attached hydrogen (secondary N) is 2. The second kappa shape index (κ2) is 7.12. The first-order valence-electron chi connectivity index (χ1n) is 7.70. The Morgan fingerprint density at radius 3 is 2.41 bits per heavy atom. The largest absolute Gasteiger partial charge is 0.374 e. The summed E-state index contributed by atoms with van der Waals surface area (Å²) in [4.78, 5) is 12.3. The molecule has 3 nitrogen and oxygen atoms in total. The van der Waals surface area contributed by atoms with Gasteiger partial charge in [-0.05, 0) is 49.1 Å². The lowest BCUT2D eigenvalue weighted by atomic mass is 10.0. The molecular weight excluding hydrogens is 272 g/mol. The molecule has 0 heterocycles. The van der Waals surface area contributed by atoms with E-state index >= 15 is 0 Å². The molecule has 22 heavy (non-hydrogen) atoms. The van der Waals surface area contributed by atoms with E-state index in [0.717, 1.165) is 16.9 Å². The molecule has 0 saturated heterocycles. The van der Waals surface area contributed by atoms with Gasteiger partial charge in [0, 0.05) is 11.4 Å². The molecule has 0 radical (unpaired) electrons. The highest BCUT2D eigenvalue weighted by molar-refractivity contribution is 5.96. The van der Waals surface area contributed by atoms with Gasteiger partial charge in [0.15, 0.2) is 0 Å². The molecule has 0 aromatic heterocycles. The van der Waals surface area contributed by atoms with E-state index in [4.69, 9.17) is 0 Å². The van der Waals surface area contributed by atoms with Crippen LogP contribution in [0.5, 0.6) is 0 Å². The highest BCUT2D eigenvalue weighted by Crippen LogP contribution is 2.24. The highest BCUT2D eigenvalue weighted by atomic mass is 16.2. The van der Waals surface area contributed by atoms with Crippen LogP contribution in [0.3, 0.4) is 0 Å². The lowest BCUT2D eigenvalue weighted by Gasteiger charge is -2.19. The van der Waals surface area contributed by atoms with Gasteiger partial charge in [0.25, 0.3) is 0 Å². The van der Waals surface area contributed by atoms with Gasteiger partial charge in [0.1, 0.15) is 6.04 Å². The lowest BCUT2D eigenvalue weighted by Crippen LogP contribution is -2.32. The number of aryl methyl sites for hydroxylation is 1. The fourth-order valence-corrected chi connectivity index (χ4v) is 2.40. The summed E-state index contributed by atoms with van der Waals surface area (Å²) in [5.74, 6) is 0.375. The van der Waals surface area contributed by atoms with Gasteiger partial charge in [-0.1, -0.05) is 44.2 Å². The predicted octanol–water partition coefficient (Wildman–Crippen LogP) is 4.56. The molecule has 0 aliphatic rings. The molecule has 2 aromatic carbocycles. The molecule has 0 spiro atoms. The van der Waals surface area contributed by atoms with Gasteiger partial charge >= 0.3 is 0 Å². The van der Waals surface area contributed by atoms with Crippen molar-refractivity contribution in [1.29, 1.82) is 0 Å². The Labute approximate surface area is 132 Å². The van der Waals surface area contributed by atoms with E-state index in [1.807, 2.05) is 56.3 Å². The van der Waals surface area contributed by atoms with Crippen LogP contribution in [-0.4, -0.2) is 11.9 Å². The zero-order valence-electron chi connectivity index (χ0n) is 13.7. The first-order chi connectivity index (χ1) is 10.5. The van der Waals surface area contributed by atoms with Crippen LogP contribution in [0.4, 0.5) is 11.4 Å². The molecule has 2 rings (SSSR count). The molecule has 2 N–H and O–H groups in total. The van der Waals surface area contributed by atoms with Crippen molar-refractivity contribution in [2.45, 2.75) is 39.7 Å². The third kappa shape index (κ3) is 4.10. The standard InChI is InChI=1S/C19H24N2O/c1-13(2)17-10-5-6-11-18(17)20-15(4)19(22)21-16-9-7-8-14(3)12-16/h5-13,15,20H,1-4H3,(H,21,22)/t15-/m0/s1. The van der Waals surface area contributed by atoms with Crippen LogP contribution in [0.25, 0.3) is 0 Å². The normalized spacial score (nSPS) is 12.0. The number of hydrogen-bond acceptors (Lipinski definition) is 2. The van der Waals surface area contributed by atoms with Crippen molar-refractivity contribution in [3.63, 3.8) is 0 Å². The quantitative estimate of drug-likeness (QED) is 0.849. The number of anilines is 2. The minimum atomic E-state index is -0.305.